The van der Waals surface area contributed by atoms with Gasteiger partial charge < -0.3 is 0 Å². The second-order valence-corrected chi connectivity index (χ2v) is 14.8. The van der Waals surface area contributed by atoms with Crippen LogP contribution < -0.4 is 0 Å². The van der Waals surface area contributed by atoms with Crippen molar-refractivity contribution in [2.75, 3.05) is 0 Å². The van der Waals surface area contributed by atoms with Crippen molar-refractivity contribution in [3.05, 3.63) is 237 Å². The second-order valence-electron chi connectivity index (χ2n) is 14.8. The maximum atomic E-state index is 5.04. The lowest BCUT2D eigenvalue weighted by atomic mass is 9.93. The smallest absolute Gasteiger partial charge is 0.0712 e. The van der Waals surface area contributed by atoms with Gasteiger partial charge in [0.25, 0.3) is 0 Å². The number of allylic oxidation sites excluding steroid dienone is 16. The molecule has 0 bridgehead atoms. The van der Waals surface area contributed by atoms with Crippen LogP contribution in [0.25, 0.3) is 23.4 Å². The van der Waals surface area contributed by atoms with E-state index >= 15 is 0 Å². The minimum absolute atomic E-state index is 0.776. The Morgan fingerprint density at radius 3 is 2.35 bits per heavy atom. The van der Waals surface area contributed by atoms with Gasteiger partial charge in [0.05, 0.1) is 11.4 Å². The summed E-state index contributed by atoms with van der Waals surface area (Å²) in [7, 11) is 0. The molecule has 0 heterocycles. The van der Waals surface area contributed by atoms with E-state index in [1.807, 2.05) is 12.1 Å². The second kappa shape index (κ2) is 17.9. The summed E-state index contributed by atoms with van der Waals surface area (Å²) in [6, 6.07) is 34.6. The van der Waals surface area contributed by atoms with Gasteiger partial charge in [0.15, 0.2) is 0 Å². The molecule has 4 aromatic carbocycles. The summed E-state index contributed by atoms with van der Waals surface area (Å²) in [5, 5.41) is 0. The van der Waals surface area contributed by atoms with Crippen molar-refractivity contribution in [1.82, 2.24) is 0 Å². The van der Waals surface area contributed by atoms with Gasteiger partial charge in [-0.1, -0.05) is 164 Å². The molecule has 0 saturated heterocycles. The van der Waals surface area contributed by atoms with E-state index in [1.54, 1.807) is 0 Å². The predicted molar refractivity (Wildman–Crippen MR) is 239 cm³/mol. The van der Waals surface area contributed by atoms with Gasteiger partial charge >= 0.3 is 0 Å². The third kappa shape index (κ3) is 9.55. The monoisotopic (exact) mass is 713 g/mol. The molecule has 0 atom stereocenters. The third-order valence-corrected chi connectivity index (χ3v) is 10.7. The lowest BCUT2D eigenvalue weighted by Crippen LogP contribution is -2.03. The first-order chi connectivity index (χ1) is 26.9. The Labute approximate surface area is 329 Å². The van der Waals surface area contributed by atoms with Crippen LogP contribution in [0.3, 0.4) is 0 Å². The molecule has 0 spiro atoms. The summed E-state index contributed by atoms with van der Waals surface area (Å²) >= 11 is 0. The summed E-state index contributed by atoms with van der Waals surface area (Å²) in [6.45, 7) is 10.9. The normalized spacial score (nSPS) is 17.5. The first-order valence-electron chi connectivity index (χ1n) is 19.7. The Hall–Kier alpha value is -6.05. The van der Waals surface area contributed by atoms with Gasteiger partial charge in [0.1, 0.15) is 0 Å². The highest BCUT2D eigenvalue weighted by Crippen LogP contribution is 2.32. The average molecular weight is 714 g/mol. The minimum atomic E-state index is 0.776. The molecule has 4 aliphatic rings. The van der Waals surface area contributed by atoms with Gasteiger partial charge in [-0.05, 0) is 139 Å². The fourth-order valence-corrected chi connectivity index (χ4v) is 7.71. The number of benzene rings is 4. The highest BCUT2D eigenvalue weighted by atomic mass is 14.8. The molecule has 0 amide bonds. The zero-order valence-electron chi connectivity index (χ0n) is 32.6. The predicted octanol–water partition coefficient (Wildman–Crippen LogP) is 14.2. The summed E-state index contributed by atoms with van der Waals surface area (Å²) in [5.41, 5.74) is 19.9. The molecule has 0 fully saturated rings. The average Bonchev–Trinajstić information content (AvgIpc) is 3.67. The van der Waals surface area contributed by atoms with Crippen LogP contribution in [0.5, 0.6) is 0 Å². The first kappa shape index (κ1) is 37.3. The van der Waals surface area contributed by atoms with Crippen molar-refractivity contribution < 1.29 is 0 Å². The maximum absolute atomic E-state index is 5.04. The van der Waals surface area contributed by atoms with Crippen LogP contribution in [-0.4, -0.2) is 5.71 Å². The van der Waals surface area contributed by atoms with E-state index in [-0.39, 0.29) is 0 Å². The molecule has 4 aliphatic carbocycles. The molecule has 0 saturated carbocycles. The Bertz CT molecular complexity index is 2390. The molecular weight excluding hydrogens is 663 g/mol. The molecule has 1 heteroatoms. The summed E-state index contributed by atoms with van der Waals surface area (Å²) in [4.78, 5) is 5.04. The topological polar surface area (TPSA) is 12.4 Å². The SMILES string of the molecule is C1=CCCC(C2=Cc3ccccc3C2)=C1.C=C(N=C1C=CC=C/C1=C(/C)c1ccccc1)c1cc(C)cc(Cc2ccccc2/C=C(\C)C2=CCCC=C2)c1. The molecule has 0 unspecified atom stereocenters. The molecule has 0 N–H and O–H groups in total. The number of aliphatic imine (C=N–C) groups is 1. The lowest BCUT2D eigenvalue weighted by molar-refractivity contribution is 0.957. The molecule has 0 aliphatic heterocycles. The van der Waals surface area contributed by atoms with Crippen molar-refractivity contribution in [1.29, 1.82) is 0 Å². The quantitative estimate of drug-likeness (QED) is 0.172. The fourth-order valence-electron chi connectivity index (χ4n) is 7.71. The zero-order chi connectivity index (χ0) is 38.0. The van der Waals surface area contributed by atoms with Crippen LogP contribution >= 0.6 is 0 Å². The fraction of sp³-hybridized carbons (Fsp3) is 0.167. The first-order valence-corrected chi connectivity index (χ1v) is 19.7. The van der Waals surface area contributed by atoms with E-state index in [2.05, 4.69) is 185 Å². The van der Waals surface area contributed by atoms with Crippen LogP contribution in [0.2, 0.25) is 0 Å². The Morgan fingerprint density at radius 1 is 0.745 bits per heavy atom. The zero-order valence-corrected chi connectivity index (χ0v) is 32.6. The largest absolute Gasteiger partial charge is 0.248 e. The van der Waals surface area contributed by atoms with Gasteiger partial charge in [-0.3, -0.25) is 0 Å². The lowest BCUT2D eigenvalue weighted by Gasteiger charge is -2.14. The molecular formula is C54H51N. The summed E-state index contributed by atoms with van der Waals surface area (Å²) in [6.07, 6.45) is 33.2. The molecule has 55 heavy (non-hydrogen) atoms. The van der Waals surface area contributed by atoms with Gasteiger partial charge in [0, 0.05) is 11.1 Å². The van der Waals surface area contributed by atoms with E-state index < -0.39 is 0 Å². The van der Waals surface area contributed by atoms with Crippen molar-refractivity contribution in [3.8, 4) is 0 Å². The van der Waals surface area contributed by atoms with E-state index in [9.17, 15) is 0 Å². The minimum Gasteiger partial charge on any atom is -0.248 e. The van der Waals surface area contributed by atoms with Crippen molar-refractivity contribution in [3.63, 3.8) is 0 Å². The number of hydrogen-bond donors (Lipinski definition) is 0. The highest BCUT2D eigenvalue weighted by molar-refractivity contribution is 6.17. The molecule has 272 valence electrons. The molecule has 0 radical (unpaired) electrons. The van der Waals surface area contributed by atoms with E-state index in [1.165, 1.54) is 79.7 Å². The van der Waals surface area contributed by atoms with Gasteiger partial charge in [0.2, 0.25) is 0 Å². The van der Waals surface area contributed by atoms with Gasteiger partial charge in [-0.25, -0.2) is 4.99 Å². The van der Waals surface area contributed by atoms with Crippen LogP contribution in [-0.2, 0) is 12.8 Å². The van der Waals surface area contributed by atoms with E-state index in [0.717, 1.165) is 48.2 Å². The summed E-state index contributed by atoms with van der Waals surface area (Å²) in [5.74, 6) is 0. The van der Waals surface area contributed by atoms with E-state index in [4.69, 9.17) is 4.99 Å². The molecule has 4 aromatic rings. The highest BCUT2D eigenvalue weighted by Gasteiger charge is 2.16. The Kier molecular flexibility index (Phi) is 12.1. The number of aryl methyl sites for hydroxylation is 1. The van der Waals surface area contributed by atoms with Crippen LogP contribution in [0.15, 0.2) is 197 Å². The van der Waals surface area contributed by atoms with Crippen LogP contribution in [0.1, 0.15) is 84.0 Å². The number of nitrogens with zero attached hydrogens (tertiary/aromatic N) is 1. The third-order valence-electron chi connectivity index (χ3n) is 10.7. The van der Waals surface area contributed by atoms with Crippen LogP contribution in [0, 0.1) is 6.92 Å². The Balaban J connectivity index is 0.000000256. The van der Waals surface area contributed by atoms with Crippen molar-refractivity contribution >= 4 is 29.1 Å². The number of fused-ring (bicyclic) bond motifs is 1. The number of hydrogen-bond acceptors (Lipinski definition) is 1. The van der Waals surface area contributed by atoms with E-state index in [0.29, 0.717) is 0 Å². The standard InChI is InChI=1S/C39H37N.C15H14/c1-28-23-32(26-36-20-12-11-19-35(36)25-29(2)33-15-7-5-8-16-33)27-37(24-28)31(4)40-39-22-14-13-21-38(39)30(3)34-17-9-6-10-18-34;1-2-6-12(7-3-1)15-10-13-8-4-5-9-14(13)11-15/h6-7,9-25,27H,4-5,8,26H2,1-3H3;1-2,4-6,8-10H,3,7,11H2/b29-25+,38-30+,40-39?;. The molecule has 1 nitrogen and oxygen atoms in total. The number of rotatable bonds is 8. The molecule has 8 rings (SSSR count). The van der Waals surface area contributed by atoms with Gasteiger partial charge in [-0.2, -0.15) is 0 Å². The van der Waals surface area contributed by atoms with Crippen LogP contribution in [0.4, 0.5) is 0 Å². The Morgan fingerprint density at radius 2 is 1.55 bits per heavy atom. The van der Waals surface area contributed by atoms with Crippen molar-refractivity contribution in [2.24, 2.45) is 4.99 Å². The van der Waals surface area contributed by atoms with Gasteiger partial charge in [-0.15, -0.1) is 0 Å². The maximum Gasteiger partial charge on any atom is 0.0712 e. The molecule has 0 aromatic heterocycles. The summed E-state index contributed by atoms with van der Waals surface area (Å²) < 4.78 is 0. The van der Waals surface area contributed by atoms with Crippen molar-refractivity contribution in [2.45, 2.75) is 59.3 Å².